The van der Waals surface area contributed by atoms with E-state index in [4.69, 9.17) is 0 Å². The summed E-state index contributed by atoms with van der Waals surface area (Å²) in [7, 11) is 0. The van der Waals surface area contributed by atoms with Crippen molar-refractivity contribution in [2.24, 2.45) is 0 Å². The van der Waals surface area contributed by atoms with Gasteiger partial charge in [0, 0.05) is 19.3 Å². The fraction of sp³-hybridized carbons (Fsp3) is 0.455. The molecule has 0 unspecified atom stereocenters. The second-order valence-corrected chi connectivity index (χ2v) is 4.43. The zero-order valence-corrected chi connectivity index (χ0v) is 11.2. The van der Waals surface area contributed by atoms with Crippen LogP contribution in [0.5, 0.6) is 0 Å². The van der Waals surface area contributed by atoms with Crippen LogP contribution in [0, 0.1) is 6.92 Å². The molecule has 1 heterocycles. The minimum absolute atomic E-state index is 0.0647. The van der Waals surface area contributed by atoms with Crippen LogP contribution in [0.3, 0.4) is 0 Å². The van der Waals surface area contributed by atoms with E-state index in [1.165, 1.54) is 6.20 Å². The molecule has 0 saturated heterocycles. The molecule has 0 atom stereocenters. The van der Waals surface area contributed by atoms with Crippen LogP contribution in [-0.4, -0.2) is 22.6 Å². The highest BCUT2D eigenvalue weighted by Crippen LogP contribution is 2.03. The SMILES string of the molecule is C=C(CNCC)Cn1c(C)ncc(Br)c1=O. The predicted octanol–water partition coefficient (Wildman–Crippen LogP) is 1.48. The Balaban J connectivity index is 2.85. The standard InChI is InChI=1S/C11H16BrN3O/c1-4-13-5-8(2)7-15-9(3)14-6-10(12)11(15)16/h6,13H,2,4-5,7H2,1,3H3. The lowest BCUT2D eigenvalue weighted by molar-refractivity contribution is 0.653. The van der Waals surface area contributed by atoms with Gasteiger partial charge in [-0.25, -0.2) is 4.98 Å². The highest BCUT2D eigenvalue weighted by Gasteiger charge is 2.06. The van der Waals surface area contributed by atoms with E-state index in [0.29, 0.717) is 16.8 Å². The number of hydrogen-bond donors (Lipinski definition) is 1. The molecule has 16 heavy (non-hydrogen) atoms. The van der Waals surface area contributed by atoms with Crippen LogP contribution in [0.25, 0.3) is 0 Å². The van der Waals surface area contributed by atoms with E-state index in [9.17, 15) is 4.79 Å². The van der Waals surface area contributed by atoms with Crippen molar-refractivity contribution in [3.63, 3.8) is 0 Å². The highest BCUT2D eigenvalue weighted by molar-refractivity contribution is 9.10. The average molecular weight is 286 g/mol. The Hall–Kier alpha value is -0.940. The summed E-state index contributed by atoms with van der Waals surface area (Å²) in [4.78, 5) is 15.9. The van der Waals surface area contributed by atoms with Gasteiger partial charge >= 0.3 is 0 Å². The number of aryl methyl sites for hydroxylation is 1. The minimum Gasteiger partial charge on any atom is -0.313 e. The van der Waals surface area contributed by atoms with E-state index in [0.717, 1.165) is 18.7 Å². The molecule has 1 aromatic heterocycles. The number of nitrogens with zero attached hydrogens (tertiary/aromatic N) is 2. The molecular weight excluding hydrogens is 270 g/mol. The second kappa shape index (κ2) is 5.96. The molecule has 0 aliphatic carbocycles. The summed E-state index contributed by atoms with van der Waals surface area (Å²) in [6, 6.07) is 0. The van der Waals surface area contributed by atoms with Gasteiger partial charge in [-0.1, -0.05) is 13.5 Å². The quantitative estimate of drug-likeness (QED) is 0.834. The smallest absolute Gasteiger partial charge is 0.268 e. The van der Waals surface area contributed by atoms with Crippen molar-refractivity contribution in [2.45, 2.75) is 20.4 Å². The van der Waals surface area contributed by atoms with Crippen LogP contribution in [-0.2, 0) is 6.54 Å². The van der Waals surface area contributed by atoms with E-state index in [-0.39, 0.29) is 5.56 Å². The second-order valence-electron chi connectivity index (χ2n) is 3.57. The summed E-state index contributed by atoms with van der Waals surface area (Å²) in [5, 5.41) is 3.17. The third-order valence-corrected chi connectivity index (χ3v) is 2.76. The van der Waals surface area contributed by atoms with Crippen LogP contribution < -0.4 is 10.9 Å². The van der Waals surface area contributed by atoms with Crippen molar-refractivity contribution >= 4 is 15.9 Å². The van der Waals surface area contributed by atoms with Gasteiger partial charge in [-0.3, -0.25) is 9.36 Å². The first-order valence-corrected chi connectivity index (χ1v) is 5.94. The van der Waals surface area contributed by atoms with E-state index >= 15 is 0 Å². The summed E-state index contributed by atoms with van der Waals surface area (Å²) in [5.41, 5.74) is 0.900. The van der Waals surface area contributed by atoms with Crippen LogP contribution in [0.15, 0.2) is 27.6 Å². The average Bonchev–Trinajstić information content (AvgIpc) is 2.27. The lowest BCUT2D eigenvalue weighted by Gasteiger charge is -2.11. The molecule has 0 bridgehead atoms. The maximum atomic E-state index is 11.8. The lowest BCUT2D eigenvalue weighted by Crippen LogP contribution is -2.27. The molecule has 0 aliphatic heterocycles. The number of halogens is 1. The van der Waals surface area contributed by atoms with Crippen molar-refractivity contribution < 1.29 is 0 Å². The Morgan fingerprint density at radius 2 is 2.38 bits per heavy atom. The van der Waals surface area contributed by atoms with Crippen molar-refractivity contribution in [1.82, 2.24) is 14.9 Å². The molecule has 1 aromatic rings. The first-order valence-electron chi connectivity index (χ1n) is 5.15. The number of aromatic nitrogens is 2. The third kappa shape index (κ3) is 3.28. The van der Waals surface area contributed by atoms with Crippen molar-refractivity contribution in [1.29, 1.82) is 0 Å². The maximum Gasteiger partial charge on any atom is 0.268 e. The lowest BCUT2D eigenvalue weighted by atomic mass is 10.3. The molecule has 4 nitrogen and oxygen atoms in total. The van der Waals surface area contributed by atoms with Gasteiger partial charge in [-0.2, -0.15) is 0 Å². The Morgan fingerprint density at radius 1 is 1.69 bits per heavy atom. The fourth-order valence-corrected chi connectivity index (χ4v) is 1.63. The normalized spacial score (nSPS) is 10.4. The van der Waals surface area contributed by atoms with Crippen molar-refractivity contribution in [3.05, 3.63) is 39.0 Å². The van der Waals surface area contributed by atoms with Crippen molar-refractivity contribution in [2.75, 3.05) is 13.1 Å². The van der Waals surface area contributed by atoms with Crippen LogP contribution in [0.1, 0.15) is 12.7 Å². The summed E-state index contributed by atoms with van der Waals surface area (Å²) < 4.78 is 2.10. The molecule has 0 aliphatic rings. The van der Waals surface area contributed by atoms with E-state index in [1.807, 2.05) is 13.8 Å². The van der Waals surface area contributed by atoms with E-state index in [1.54, 1.807) is 4.57 Å². The molecule has 88 valence electrons. The van der Waals surface area contributed by atoms with Crippen LogP contribution in [0.2, 0.25) is 0 Å². The van der Waals surface area contributed by atoms with Crippen LogP contribution >= 0.6 is 15.9 Å². The number of likely N-dealkylation sites (N-methyl/N-ethyl adjacent to an activating group) is 1. The molecule has 0 fully saturated rings. The summed E-state index contributed by atoms with van der Waals surface area (Å²) in [5.74, 6) is 0.700. The minimum atomic E-state index is -0.0647. The van der Waals surface area contributed by atoms with Gasteiger partial charge in [-0.15, -0.1) is 0 Å². The molecule has 1 rings (SSSR count). The van der Waals surface area contributed by atoms with E-state index in [2.05, 4.69) is 32.8 Å². The Bertz CT molecular complexity index is 439. The first-order chi connectivity index (χ1) is 7.56. The van der Waals surface area contributed by atoms with Gasteiger partial charge in [0.2, 0.25) is 0 Å². The number of hydrogen-bond acceptors (Lipinski definition) is 3. The molecule has 0 saturated carbocycles. The number of nitrogens with one attached hydrogen (secondary N) is 1. The highest BCUT2D eigenvalue weighted by atomic mass is 79.9. The summed E-state index contributed by atoms with van der Waals surface area (Å²) in [6.45, 7) is 9.89. The first kappa shape index (κ1) is 13.1. The molecule has 0 radical (unpaired) electrons. The predicted molar refractivity (Wildman–Crippen MR) is 68.6 cm³/mol. The van der Waals surface area contributed by atoms with E-state index < -0.39 is 0 Å². The molecule has 1 N–H and O–H groups in total. The molecule has 0 spiro atoms. The zero-order chi connectivity index (χ0) is 12.1. The summed E-state index contributed by atoms with van der Waals surface area (Å²) >= 11 is 3.18. The monoisotopic (exact) mass is 285 g/mol. The largest absolute Gasteiger partial charge is 0.313 e. The Kier molecular flexibility index (Phi) is 4.89. The number of rotatable bonds is 5. The molecule has 0 amide bonds. The van der Waals surface area contributed by atoms with Gasteiger partial charge < -0.3 is 5.32 Å². The maximum absolute atomic E-state index is 11.8. The molecular formula is C11H16BrN3O. The van der Waals surface area contributed by atoms with Crippen LogP contribution in [0.4, 0.5) is 0 Å². The fourth-order valence-electron chi connectivity index (χ4n) is 1.32. The Morgan fingerprint density at radius 3 is 3.00 bits per heavy atom. The third-order valence-electron chi connectivity index (χ3n) is 2.21. The summed E-state index contributed by atoms with van der Waals surface area (Å²) in [6.07, 6.45) is 1.53. The van der Waals surface area contributed by atoms with Gasteiger partial charge in [0.15, 0.2) is 0 Å². The molecule has 5 heteroatoms. The van der Waals surface area contributed by atoms with Gasteiger partial charge in [0.1, 0.15) is 10.3 Å². The van der Waals surface area contributed by atoms with Gasteiger partial charge in [-0.05, 0) is 35.0 Å². The zero-order valence-electron chi connectivity index (χ0n) is 9.59. The van der Waals surface area contributed by atoms with Gasteiger partial charge in [0.05, 0.1) is 0 Å². The van der Waals surface area contributed by atoms with Crippen molar-refractivity contribution in [3.8, 4) is 0 Å². The topological polar surface area (TPSA) is 46.9 Å². The molecule has 0 aromatic carbocycles. The van der Waals surface area contributed by atoms with Gasteiger partial charge in [0.25, 0.3) is 5.56 Å². The Labute approximate surface area is 104 Å².